The first-order chi connectivity index (χ1) is 7.31. The minimum absolute atomic E-state index is 0.234. The summed E-state index contributed by atoms with van der Waals surface area (Å²) in [7, 11) is 0. The number of furan rings is 1. The largest absolute Gasteiger partial charge is 0.458 e. The third-order valence-electron chi connectivity index (χ3n) is 2.03. The Balaban J connectivity index is 2.29. The molecule has 15 heavy (non-hydrogen) atoms. The summed E-state index contributed by atoms with van der Waals surface area (Å²) >= 11 is 0. The van der Waals surface area contributed by atoms with E-state index >= 15 is 0 Å². The first kappa shape index (κ1) is 9.58. The van der Waals surface area contributed by atoms with E-state index in [0.29, 0.717) is 11.5 Å². The lowest BCUT2D eigenvalue weighted by atomic mass is 10.2. The summed E-state index contributed by atoms with van der Waals surface area (Å²) in [6.07, 6.45) is 5.21. The van der Waals surface area contributed by atoms with E-state index in [0.717, 1.165) is 12.2 Å². The van der Waals surface area contributed by atoms with Gasteiger partial charge < -0.3 is 4.42 Å². The zero-order chi connectivity index (χ0) is 10.7. The molecule has 2 heterocycles. The van der Waals surface area contributed by atoms with Gasteiger partial charge in [-0.25, -0.2) is 4.98 Å². The smallest absolute Gasteiger partial charge is 0.248 e. The van der Waals surface area contributed by atoms with E-state index in [2.05, 4.69) is 9.97 Å². The molecule has 0 radical (unpaired) electrons. The number of carbonyl (C=O) groups excluding carboxylic acids is 1. The summed E-state index contributed by atoms with van der Waals surface area (Å²) in [6, 6.07) is 3.46. The average molecular weight is 202 g/mol. The van der Waals surface area contributed by atoms with Crippen LogP contribution in [0.4, 0.5) is 0 Å². The van der Waals surface area contributed by atoms with E-state index in [9.17, 15) is 4.79 Å². The Bertz CT molecular complexity index is 462. The number of aromatic nitrogens is 2. The van der Waals surface area contributed by atoms with E-state index in [4.69, 9.17) is 4.42 Å². The summed E-state index contributed by atoms with van der Waals surface area (Å²) in [4.78, 5) is 19.5. The number of ketones is 1. The van der Waals surface area contributed by atoms with Gasteiger partial charge in [-0.15, -0.1) is 0 Å². The summed E-state index contributed by atoms with van der Waals surface area (Å²) in [5.74, 6) is 0.873. The normalized spacial score (nSPS) is 10.2. The Hall–Kier alpha value is -1.97. The minimum atomic E-state index is -0.234. The van der Waals surface area contributed by atoms with E-state index in [1.165, 1.54) is 18.6 Å². The van der Waals surface area contributed by atoms with Crippen LogP contribution in [0, 0.1) is 0 Å². The highest BCUT2D eigenvalue weighted by Crippen LogP contribution is 2.11. The van der Waals surface area contributed by atoms with Crippen molar-refractivity contribution in [3.63, 3.8) is 0 Å². The summed E-state index contributed by atoms with van der Waals surface area (Å²) < 4.78 is 5.33. The molecular formula is C11H10N2O2. The highest BCUT2D eigenvalue weighted by atomic mass is 16.3. The van der Waals surface area contributed by atoms with Crippen molar-refractivity contribution < 1.29 is 9.21 Å². The predicted molar refractivity (Wildman–Crippen MR) is 53.6 cm³/mol. The first-order valence-electron chi connectivity index (χ1n) is 4.70. The summed E-state index contributed by atoms with van der Waals surface area (Å²) in [5.41, 5.74) is 0.300. The second kappa shape index (κ2) is 4.04. The van der Waals surface area contributed by atoms with Gasteiger partial charge in [0, 0.05) is 18.8 Å². The van der Waals surface area contributed by atoms with Crippen LogP contribution in [0.1, 0.15) is 28.9 Å². The molecule has 2 aromatic rings. The fourth-order valence-electron chi connectivity index (χ4n) is 1.23. The monoisotopic (exact) mass is 202 g/mol. The Morgan fingerprint density at radius 2 is 2.27 bits per heavy atom. The molecule has 4 heteroatoms. The van der Waals surface area contributed by atoms with Gasteiger partial charge in [0.1, 0.15) is 11.5 Å². The maximum absolute atomic E-state index is 11.8. The fourth-order valence-corrected chi connectivity index (χ4v) is 1.23. The first-order valence-corrected chi connectivity index (χ1v) is 4.70. The van der Waals surface area contributed by atoms with Crippen molar-refractivity contribution in [3.8, 4) is 0 Å². The Morgan fingerprint density at radius 1 is 1.40 bits per heavy atom. The van der Waals surface area contributed by atoms with Gasteiger partial charge in [-0.2, -0.15) is 0 Å². The molecular weight excluding hydrogens is 192 g/mol. The Kier molecular flexibility index (Phi) is 2.58. The average Bonchev–Trinajstić information content (AvgIpc) is 2.78. The lowest BCUT2D eigenvalue weighted by molar-refractivity contribution is 0.100. The van der Waals surface area contributed by atoms with Crippen molar-refractivity contribution in [1.29, 1.82) is 0 Å². The van der Waals surface area contributed by atoms with Crippen LogP contribution in [0.5, 0.6) is 0 Å². The zero-order valence-corrected chi connectivity index (χ0v) is 8.30. The number of rotatable bonds is 3. The standard InChI is InChI=1S/C11H10N2O2/c1-2-8-3-4-10(15-8)11(14)9-7-12-5-6-13-9/h3-7H,2H2,1H3. The van der Waals surface area contributed by atoms with Crippen LogP contribution in [-0.2, 0) is 6.42 Å². The van der Waals surface area contributed by atoms with Gasteiger partial charge in [0.05, 0.1) is 6.20 Å². The van der Waals surface area contributed by atoms with Crippen molar-refractivity contribution in [3.05, 3.63) is 47.9 Å². The highest BCUT2D eigenvalue weighted by Gasteiger charge is 2.14. The van der Waals surface area contributed by atoms with E-state index in [-0.39, 0.29) is 5.78 Å². The molecule has 0 aliphatic heterocycles. The number of carbonyl (C=O) groups is 1. The van der Waals surface area contributed by atoms with Gasteiger partial charge >= 0.3 is 0 Å². The van der Waals surface area contributed by atoms with Crippen LogP contribution in [0.3, 0.4) is 0 Å². The third kappa shape index (κ3) is 1.93. The van der Waals surface area contributed by atoms with Crippen LogP contribution in [0.15, 0.2) is 35.1 Å². The summed E-state index contributed by atoms with van der Waals surface area (Å²) in [5, 5.41) is 0. The highest BCUT2D eigenvalue weighted by molar-refractivity contribution is 6.05. The molecule has 0 unspecified atom stereocenters. The summed E-state index contributed by atoms with van der Waals surface area (Å²) in [6.45, 7) is 1.97. The second-order valence-corrected chi connectivity index (χ2v) is 3.04. The van der Waals surface area contributed by atoms with Crippen molar-refractivity contribution in [2.24, 2.45) is 0 Å². The second-order valence-electron chi connectivity index (χ2n) is 3.04. The zero-order valence-electron chi connectivity index (χ0n) is 8.30. The molecule has 4 nitrogen and oxygen atoms in total. The quantitative estimate of drug-likeness (QED) is 0.713. The molecule has 0 fully saturated rings. The van der Waals surface area contributed by atoms with Crippen molar-refractivity contribution in [2.45, 2.75) is 13.3 Å². The molecule has 2 rings (SSSR count). The fraction of sp³-hybridized carbons (Fsp3) is 0.182. The molecule has 0 bridgehead atoms. The topological polar surface area (TPSA) is 56.0 Å². The maximum Gasteiger partial charge on any atom is 0.248 e. The molecule has 0 aliphatic rings. The van der Waals surface area contributed by atoms with E-state index in [1.54, 1.807) is 12.1 Å². The van der Waals surface area contributed by atoms with E-state index in [1.807, 2.05) is 6.92 Å². The van der Waals surface area contributed by atoms with Gasteiger partial charge in [0.15, 0.2) is 5.76 Å². The molecule has 0 atom stereocenters. The molecule has 0 amide bonds. The predicted octanol–water partition coefficient (Wildman–Crippen LogP) is 1.86. The molecule has 0 aliphatic carbocycles. The molecule has 0 aromatic carbocycles. The SMILES string of the molecule is CCc1ccc(C(=O)c2cnccn2)o1. The van der Waals surface area contributed by atoms with Gasteiger partial charge in [-0.05, 0) is 12.1 Å². The van der Waals surface area contributed by atoms with Crippen molar-refractivity contribution >= 4 is 5.78 Å². The van der Waals surface area contributed by atoms with Crippen LogP contribution < -0.4 is 0 Å². The van der Waals surface area contributed by atoms with Gasteiger partial charge in [0.25, 0.3) is 0 Å². The molecule has 0 N–H and O–H groups in total. The van der Waals surface area contributed by atoms with Gasteiger partial charge in [-0.1, -0.05) is 6.92 Å². The van der Waals surface area contributed by atoms with Crippen molar-refractivity contribution in [2.75, 3.05) is 0 Å². The Morgan fingerprint density at radius 3 is 2.87 bits per heavy atom. The molecule has 0 saturated heterocycles. The molecule has 0 spiro atoms. The lowest BCUT2D eigenvalue weighted by Crippen LogP contribution is -2.02. The minimum Gasteiger partial charge on any atom is -0.458 e. The molecule has 2 aromatic heterocycles. The van der Waals surface area contributed by atoms with Crippen LogP contribution in [0.2, 0.25) is 0 Å². The van der Waals surface area contributed by atoms with E-state index < -0.39 is 0 Å². The number of hydrogen-bond acceptors (Lipinski definition) is 4. The van der Waals surface area contributed by atoms with Crippen LogP contribution in [-0.4, -0.2) is 15.8 Å². The maximum atomic E-state index is 11.8. The molecule has 0 saturated carbocycles. The van der Waals surface area contributed by atoms with Crippen LogP contribution in [0.25, 0.3) is 0 Å². The van der Waals surface area contributed by atoms with Gasteiger partial charge in [-0.3, -0.25) is 9.78 Å². The lowest BCUT2D eigenvalue weighted by Gasteiger charge is -1.94. The van der Waals surface area contributed by atoms with Gasteiger partial charge in [0.2, 0.25) is 5.78 Å². The number of nitrogens with zero attached hydrogens (tertiary/aromatic N) is 2. The number of hydrogen-bond donors (Lipinski definition) is 0. The Labute approximate surface area is 87.0 Å². The molecule has 76 valence electrons. The van der Waals surface area contributed by atoms with Crippen molar-refractivity contribution in [1.82, 2.24) is 9.97 Å². The van der Waals surface area contributed by atoms with Crippen LogP contribution >= 0.6 is 0 Å². The number of aryl methyl sites for hydroxylation is 1. The third-order valence-corrected chi connectivity index (χ3v) is 2.03.